The Morgan fingerprint density at radius 1 is 1.28 bits per heavy atom. The molecule has 2 nitrogen and oxygen atoms in total. The highest BCUT2D eigenvalue weighted by atomic mass is 32.2. The molecule has 0 heterocycles. The van der Waals surface area contributed by atoms with Crippen LogP contribution in [0.2, 0.25) is 0 Å². The third kappa shape index (κ3) is 5.92. The van der Waals surface area contributed by atoms with Crippen molar-refractivity contribution in [3.05, 3.63) is 48.0 Å². The summed E-state index contributed by atoms with van der Waals surface area (Å²) in [6, 6.07) is 9.64. The zero-order valence-electron chi connectivity index (χ0n) is 11.2. The number of rotatable bonds is 5. The minimum atomic E-state index is -0.310. The zero-order chi connectivity index (χ0) is 13.6. The van der Waals surface area contributed by atoms with Crippen molar-refractivity contribution < 1.29 is 9.53 Å². The summed E-state index contributed by atoms with van der Waals surface area (Å²) in [6.07, 6.45) is 0. The van der Waals surface area contributed by atoms with E-state index in [2.05, 4.69) is 27.4 Å². The Morgan fingerprint density at radius 3 is 2.44 bits per heavy atom. The summed E-state index contributed by atoms with van der Waals surface area (Å²) in [5, 5.41) is 0. The molecular formula is C15H20O2S. The third-order valence-electron chi connectivity index (χ3n) is 2.18. The normalized spacial score (nSPS) is 11.1. The lowest BCUT2D eigenvalue weighted by molar-refractivity contribution is -0.140. The molecule has 3 heteroatoms. The number of ether oxygens (including phenoxy) is 1. The Kier molecular flexibility index (Phi) is 5.48. The molecule has 0 aliphatic carbocycles. The Bertz CT molecular complexity index is 404. The summed E-state index contributed by atoms with van der Waals surface area (Å²) in [7, 11) is 0. The molecule has 0 aliphatic rings. The first-order chi connectivity index (χ1) is 8.38. The second-order valence-electron chi connectivity index (χ2n) is 5.07. The smallest absolute Gasteiger partial charge is 0.334 e. The molecule has 0 saturated carbocycles. The Labute approximate surface area is 113 Å². The van der Waals surface area contributed by atoms with Gasteiger partial charge < -0.3 is 4.74 Å². The van der Waals surface area contributed by atoms with Crippen LogP contribution in [-0.4, -0.2) is 16.5 Å². The number of carbonyl (C=O) groups excluding carboxylic acids is 1. The molecule has 0 saturated heterocycles. The average Bonchev–Trinajstić information content (AvgIpc) is 2.33. The molecular weight excluding hydrogens is 244 g/mol. The Morgan fingerprint density at radius 2 is 1.89 bits per heavy atom. The fraction of sp³-hybridized carbons (Fsp3) is 0.400. The molecule has 0 amide bonds. The van der Waals surface area contributed by atoms with Gasteiger partial charge in [-0.05, 0) is 5.56 Å². The molecule has 0 radical (unpaired) electrons. The molecule has 1 aromatic rings. The SMILES string of the molecule is C=C(CSC(C)(C)C)C(=O)OCc1ccccc1. The number of esters is 1. The van der Waals surface area contributed by atoms with E-state index >= 15 is 0 Å². The second-order valence-corrected chi connectivity index (χ2v) is 6.87. The summed E-state index contributed by atoms with van der Waals surface area (Å²) in [5.74, 6) is 0.299. The van der Waals surface area contributed by atoms with Crippen molar-refractivity contribution in [3.63, 3.8) is 0 Å². The van der Waals surface area contributed by atoms with Crippen LogP contribution in [0.25, 0.3) is 0 Å². The van der Waals surface area contributed by atoms with E-state index in [9.17, 15) is 4.79 Å². The van der Waals surface area contributed by atoms with E-state index in [1.807, 2.05) is 30.3 Å². The maximum absolute atomic E-state index is 11.7. The predicted molar refractivity (Wildman–Crippen MR) is 77.6 cm³/mol. The van der Waals surface area contributed by atoms with Gasteiger partial charge in [0.2, 0.25) is 0 Å². The topological polar surface area (TPSA) is 26.3 Å². The Hall–Kier alpha value is -1.22. The summed E-state index contributed by atoms with van der Waals surface area (Å²) in [5.41, 5.74) is 1.51. The van der Waals surface area contributed by atoms with Crippen molar-refractivity contribution >= 4 is 17.7 Å². The van der Waals surface area contributed by atoms with Crippen LogP contribution in [0, 0.1) is 0 Å². The van der Waals surface area contributed by atoms with Gasteiger partial charge in [-0.15, -0.1) is 0 Å². The van der Waals surface area contributed by atoms with Crippen molar-refractivity contribution in [2.45, 2.75) is 32.1 Å². The van der Waals surface area contributed by atoms with Crippen LogP contribution in [0.1, 0.15) is 26.3 Å². The first kappa shape index (κ1) is 14.8. The number of hydrogen-bond donors (Lipinski definition) is 0. The molecule has 0 N–H and O–H groups in total. The lowest BCUT2D eigenvalue weighted by Crippen LogP contribution is -2.13. The van der Waals surface area contributed by atoms with E-state index in [0.29, 0.717) is 17.9 Å². The van der Waals surface area contributed by atoms with E-state index in [1.165, 1.54) is 0 Å². The first-order valence-electron chi connectivity index (χ1n) is 5.91. The average molecular weight is 264 g/mol. The highest BCUT2D eigenvalue weighted by molar-refractivity contribution is 8.00. The van der Waals surface area contributed by atoms with Gasteiger partial charge in [0, 0.05) is 16.1 Å². The van der Waals surface area contributed by atoms with Gasteiger partial charge in [-0.2, -0.15) is 11.8 Å². The predicted octanol–water partition coefficient (Wildman–Crippen LogP) is 3.82. The van der Waals surface area contributed by atoms with Crippen molar-refractivity contribution in [1.82, 2.24) is 0 Å². The van der Waals surface area contributed by atoms with Crippen molar-refractivity contribution in [3.8, 4) is 0 Å². The van der Waals surface area contributed by atoms with Crippen LogP contribution >= 0.6 is 11.8 Å². The molecule has 0 bridgehead atoms. The number of benzene rings is 1. The molecule has 1 rings (SSSR count). The quantitative estimate of drug-likeness (QED) is 0.597. The second kappa shape index (κ2) is 6.64. The monoisotopic (exact) mass is 264 g/mol. The summed E-state index contributed by atoms with van der Waals surface area (Å²) < 4.78 is 5.33. The molecule has 0 fully saturated rings. The summed E-state index contributed by atoms with van der Waals surface area (Å²) >= 11 is 1.69. The molecule has 0 unspecified atom stereocenters. The van der Waals surface area contributed by atoms with Crippen LogP contribution < -0.4 is 0 Å². The Balaban J connectivity index is 2.35. The standard InChI is InChI=1S/C15H20O2S/c1-12(11-18-15(2,3)4)14(16)17-10-13-8-6-5-7-9-13/h5-9H,1,10-11H2,2-4H3. The van der Waals surface area contributed by atoms with Crippen LogP contribution in [0.4, 0.5) is 0 Å². The highest BCUT2D eigenvalue weighted by Gasteiger charge is 2.15. The van der Waals surface area contributed by atoms with E-state index in [4.69, 9.17) is 4.74 Å². The molecule has 0 atom stereocenters. The number of hydrogen-bond acceptors (Lipinski definition) is 3. The molecule has 0 aliphatic heterocycles. The summed E-state index contributed by atoms with van der Waals surface area (Å²) in [6.45, 7) is 10.4. The van der Waals surface area contributed by atoms with Gasteiger partial charge in [0.1, 0.15) is 6.61 Å². The van der Waals surface area contributed by atoms with Crippen molar-refractivity contribution in [2.24, 2.45) is 0 Å². The summed E-state index contributed by atoms with van der Waals surface area (Å²) in [4.78, 5) is 11.7. The van der Waals surface area contributed by atoms with Crippen molar-refractivity contribution in [1.29, 1.82) is 0 Å². The lowest BCUT2D eigenvalue weighted by Gasteiger charge is -2.17. The molecule has 1 aromatic carbocycles. The van der Waals surface area contributed by atoms with Gasteiger partial charge in [0.15, 0.2) is 0 Å². The van der Waals surface area contributed by atoms with Crippen LogP contribution in [-0.2, 0) is 16.1 Å². The van der Waals surface area contributed by atoms with Gasteiger partial charge in [0.05, 0.1) is 0 Å². The number of thioether (sulfide) groups is 1. The fourth-order valence-electron chi connectivity index (χ4n) is 1.19. The molecule has 0 aromatic heterocycles. The van der Waals surface area contributed by atoms with Crippen LogP contribution in [0.5, 0.6) is 0 Å². The number of carbonyl (C=O) groups is 1. The zero-order valence-corrected chi connectivity index (χ0v) is 12.0. The van der Waals surface area contributed by atoms with E-state index < -0.39 is 0 Å². The van der Waals surface area contributed by atoms with Gasteiger partial charge in [-0.3, -0.25) is 0 Å². The van der Waals surface area contributed by atoms with E-state index in [1.54, 1.807) is 11.8 Å². The van der Waals surface area contributed by atoms with Crippen LogP contribution in [0.3, 0.4) is 0 Å². The lowest BCUT2D eigenvalue weighted by atomic mass is 10.2. The van der Waals surface area contributed by atoms with Gasteiger partial charge in [-0.1, -0.05) is 57.7 Å². The minimum absolute atomic E-state index is 0.128. The van der Waals surface area contributed by atoms with Crippen LogP contribution in [0.15, 0.2) is 42.5 Å². The maximum atomic E-state index is 11.7. The minimum Gasteiger partial charge on any atom is -0.457 e. The van der Waals surface area contributed by atoms with E-state index in [0.717, 1.165) is 5.56 Å². The maximum Gasteiger partial charge on any atom is 0.334 e. The van der Waals surface area contributed by atoms with E-state index in [-0.39, 0.29) is 10.7 Å². The molecule has 0 spiro atoms. The fourth-order valence-corrected chi connectivity index (χ4v) is 1.91. The van der Waals surface area contributed by atoms with Gasteiger partial charge in [0.25, 0.3) is 0 Å². The highest BCUT2D eigenvalue weighted by Crippen LogP contribution is 2.25. The van der Waals surface area contributed by atoms with Gasteiger partial charge >= 0.3 is 5.97 Å². The molecule has 18 heavy (non-hydrogen) atoms. The van der Waals surface area contributed by atoms with Gasteiger partial charge in [-0.25, -0.2) is 4.79 Å². The third-order valence-corrected chi connectivity index (χ3v) is 3.54. The first-order valence-corrected chi connectivity index (χ1v) is 6.90. The van der Waals surface area contributed by atoms with Crippen molar-refractivity contribution in [2.75, 3.05) is 5.75 Å². The molecule has 98 valence electrons. The largest absolute Gasteiger partial charge is 0.457 e.